The van der Waals surface area contributed by atoms with Crippen molar-refractivity contribution in [2.75, 3.05) is 43.6 Å². The molecule has 1 heterocycles. The fourth-order valence-electron chi connectivity index (χ4n) is 4.40. The first-order valence-electron chi connectivity index (χ1n) is 12.4. The molecule has 12 heteroatoms. The number of halogens is 1. The molecule has 1 aliphatic heterocycles. The van der Waals surface area contributed by atoms with E-state index < -0.39 is 22.5 Å². The number of benzene rings is 3. The van der Waals surface area contributed by atoms with Gasteiger partial charge >= 0.3 is 0 Å². The molecule has 1 saturated heterocycles. The van der Waals surface area contributed by atoms with E-state index in [4.69, 9.17) is 25.8 Å². The molecule has 0 aromatic heterocycles. The van der Waals surface area contributed by atoms with Crippen molar-refractivity contribution in [2.24, 2.45) is 0 Å². The van der Waals surface area contributed by atoms with Gasteiger partial charge in [0.05, 0.1) is 31.9 Å². The van der Waals surface area contributed by atoms with Crippen molar-refractivity contribution in [3.05, 3.63) is 71.2 Å². The summed E-state index contributed by atoms with van der Waals surface area (Å²) in [6.07, 6.45) is 1.31. The van der Waals surface area contributed by atoms with Gasteiger partial charge < -0.3 is 24.4 Å². The predicted octanol–water partition coefficient (Wildman–Crippen LogP) is 4.00. The number of carbonyl (C=O) groups excluding carboxylic acids is 2. The maximum Gasteiger partial charge on any atom is 0.265 e. The maximum absolute atomic E-state index is 13.9. The summed E-state index contributed by atoms with van der Waals surface area (Å²) in [6, 6.07) is 16.0. The second kappa shape index (κ2) is 12.5. The number of hydrogen-bond acceptors (Lipinski definition) is 7. The Balaban J connectivity index is 1.62. The van der Waals surface area contributed by atoms with Crippen LogP contribution in [0, 0.1) is 0 Å². The molecular formula is C28H30ClN3O7S. The summed E-state index contributed by atoms with van der Waals surface area (Å²) in [4.78, 5) is 26.9. The number of methoxy groups -OCH3 is 3. The summed E-state index contributed by atoms with van der Waals surface area (Å²) in [7, 11) is -0.0743. The van der Waals surface area contributed by atoms with Crippen molar-refractivity contribution < 1.29 is 32.2 Å². The van der Waals surface area contributed by atoms with Crippen LogP contribution in [0.1, 0.15) is 18.4 Å². The van der Waals surface area contributed by atoms with Gasteiger partial charge in [0.2, 0.25) is 11.8 Å². The lowest BCUT2D eigenvalue weighted by Gasteiger charge is -2.26. The summed E-state index contributed by atoms with van der Waals surface area (Å²) in [5, 5.41) is 3.04. The van der Waals surface area contributed by atoms with Gasteiger partial charge in [-0.3, -0.25) is 13.9 Å². The Labute approximate surface area is 238 Å². The van der Waals surface area contributed by atoms with Crippen LogP contribution in [0.3, 0.4) is 0 Å². The van der Waals surface area contributed by atoms with Crippen LogP contribution in [0.5, 0.6) is 17.2 Å². The normalized spacial score (nSPS) is 13.2. The molecule has 1 aliphatic rings. The number of amides is 2. The molecule has 1 fully saturated rings. The number of hydrogen-bond donors (Lipinski definition) is 1. The third-order valence-electron chi connectivity index (χ3n) is 6.43. The summed E-state index contributed by atoms with van der Waals surface area (Å²) in [5.41, 5.74) is 1.62. The topological polar surface area (TPSA) is 114 Å². The maximum atomic E-state index is 13.9. The third-order valence-corrected chi connectivity index (χ3v) is 8.42. The fraction of sp³-hybridized carbons (Fsp3) is 0.286. The van der Waals surface area contributed by atoms with E-state index in [1.807, 2.05) is 24.3 Å². The van der Waals surface area contributed by atoms with Crippen LogP contribution in [0.15, 0.2) is 65.6 Å². The van der Waals surface area contributed by atoms with Crippen LogP contribution in [0.2, 0.25) is 5.02 Å². The minimum atomic E-state index is -4.31. The smallest absolute Gasteiger partial charge is 0.265 e. The second-order valence-electron chi connectivity index (χ2n) is 8.94. The molecule has 3 aromatic rings. The predicted molar refractivity (Wildman–Crippen MR) is 152 cm³/mol. The van der Waals surface area contributed by atoms with Gasteiger partial charge in [0.25, 0.3) is 10.0 Å². The van der Waals surface area contributed by atoms with Gasteiger partial charge in [0, 0.05) is 36.3 Å². The van der Waals surface area contributed by atoms with Crippen LogP contribution in [-0.4, -0.2) is 54.7 Å². The summed E-state index contributed by atoms with van der Waals surface area (Å²) in [6.45, 7) is 0.225. The van der Waals surface area contributed by atoms with E-state index >= 15 is 0 Å². The number of ether oxygens (including phenoxy) is 3. The highest BCUT2D eigenvalue weighted by Gasteiger charge is 2.31. The Kier molecular flexibility index (Phi) is 9.06. The zero-order valence-corrected chi connectivity index (χ0v) is 23.9. The Morgan fingerprint density at radius 1 is 0.975 bits per heavy atom. The first-order valence-corrected chi connectivity index (χ1v) is 14.2. The Bertz CT molecular complexity index is 1510. The van der Waals surface area contributed by atoms with Crippen LogP contribution >= 0.6 is 11.6 Å². The Morgan fingerprint density at radius 3 is 2.38 bits per heavy atom. The minimum absolute atomic E-state index is 0.0627. The van der Waals surface area contributed by atoms with Crippen molar-refractivity contribution in [2.45, 2.75) is 24.3 Å². The molecule has 0 aliphatic carbocycles. The van der Waals surface area contributed by atoms with Gasteiger partial charge in [0.15, 0.2) is 11.5 Å². The average Bonchev–Trinajstić information content (AvgIpc) is 3.40. The zero-order chi connectivity index (χ0) is 28.9. The standard InChI is InChI=1S/C28H30ClN3O7S/c1-37-24-11-9-20(29)15-23(24)32(40(35,36)22-10-12-25(38-2)26(16-22)39-3)18-27(33)30-17-19-6-4-7-21(14-19)31-13-5-8-28(31)34/h4,6-7,9-12,14-16H,5,8,13,17-18H2,1-3H3,(H,30,33). The number of nitrogens with one attached hydrogen (secondary N) is 1. The van der Waals surface area contributed by atoms with E-state index in [1.165, 1.54) is 51.7 Å². The van der Waals surface area contributed by atoms with E-state index in [-0.39, 0.29) is 39.6 Å². The van der Waals surface area contributed by atoms with Gasteiger partial charge in [-0.1, -0.05) is 23.7 Å². The summed E-state index contributed by atoms with van der Waals surface area (Å²) in [5.74, 6) is 0.275. The largest absolute Gasteiger partial charge is 0.495 e. The number of rotatable bonds is 11. The van der Waals surface area contributed by atoms with Gasteiger partial charge in [-0.25, -0.2) is 8.42 Å². The van der Waals surface area contributed by atoms with Crippen molar-refractivity contribution in [3.8, 4) is 17.2 Å². The van der Waals surface area contributed by atoms with Gasteiger partial charge in [-0.15, -0.1) is 0 Å². The van der Waals surface area contributed by atoms with Gasteiger partial charge in [-0.05, 0) is 54.4 Å². The molecule has 10 nitrogen and oxygen atoms in total. The molecule has 1 N–H and O–H groups in total. The van der Waals surface area contributed by atoms with Crippen molar-refractivity contribution in [3.63, 3.8) is 0 Å². The van der Waals surface area contributed by atoms with Gasteiger partial charge in [0.1, 0.15) is 12.3 Å². The van der Waals surface area contributed by atoms with Crippen LogP contribution in [-0.2, 0) is 26.2 Å². The van der Waals surface area contributed by atoms with Crippen molar-refractivity contribution >= 4 is 44.8 Å². The molecule has 2 amide bonds. The third kappa shape index (κ3) is 6.26. The molecule has 0 radical (unpaired) electrons. The molecule has 0 spiro atoms. The van der Waals surface area contributed by atoms with E-state index in [0.29, 0.717) is 18.7 Å². The quantitative estimate of drug-likeness (QED) is 0.360. The number of sulfonamides is 1. The van der Waals surface area contributed by atoms with Crippen molar-refractivity contribution in [1.29, 1.82) is 0 Å². The Hall–Kier alpha value is -3.96. The fourth-order valence-corrected chi connectivity index (χ4v) is 6.01. The number of nitrogens with zero attached hydrogens (tertiary/aromatic N) is 2. The lowest BCUT2D eigenvalue weighted by molar-refractivity contribution is -0.120. The highest BCUT2D eigenvalue weighted by Crippen LogP contribution is 2.37. The molecule has 0 bridgehead atoms. The SMILES string of the molecule is COc1ccc(S(=O)(=O)N(CC(=O)NCc2cccc(N3CCCC3=O)c2)c2cc(Cl)ccc2OC)cc1OC. The molecule has 3 aromatic carbocycles. The Morgan fingerprint density at radius 2 is 1.70 bits per heavy atom. The molecule has 4 rings (SSSR count). The van der Waals surface area contributed by atoms with Crippen LogP contribution in [0.25, 0.3) is 0 Å². The van der Waals surface area contributed by atoms with Crippen LogP contribution < -0.4 is 28.7 Å². The molecule has 0 saturated carbocycles. The molecular weight excluding hydrogens is 558 g/mol. The molecule has 40 heavy (non-hydrogen) atoms. The molecule has 212 valence electrons. The van der Waals surface area contributed by atoms with Crippen LogP contribution in [0.4, 0.5) is 11.4 Å². The monoisotopic (exact) mass is 587 g/mol. The lowest BCUT2D eigenvalue weighted by atomic mass is 10.2. The summed E-state index contributed by atoms with van der Waals surface area (Å²) >= 11 is 6.22. The second-order valence-corrected chi connectivity index (χ2v) is 11.2. The highest BCUT2D eigenvalue weighted by atomic mass is 35.5. The first-order chi connectivity index (χ1) is 19.2. The highest BCUT2D eigenvalue weighted by molar-refractivity contribution is 7.92. The minimum Gasteiger partial charge on any atom is -0.495 e. The number of anilines is 2. The van der Waals surface area contributed by atoms with Crippen molar-refractivity contribution in [1.82, 2.24) is 5.32 Å². The molecule has 0 atom stereocenters. The first kappa shape index (κ1) is 29.0. The van der Waals surface area contributed by atoms with E-state index in [9.17, 15) is 18.0 Å². The zero-order valence-electron chi connectivity index (χ0n) is 22.3. The van der Waals surface area contributed by atoms with E-state index in [2.05, 4.69) is 5.32 Å². The van der Waals surface area contributed by atoms with Gasteiger partial charge in [-0.2, -0.15) is 0 Å². The molecule has 0 unspecified atom stereocenters. The lowest BCUT2D eigenvalue weighted by Crippen LogP contribution is -2.41. The average molecular weight is 588 g/mol. The van der Waals surface area contributed by atoms with E-state index in [1.54, 1.807) is 11.0 Å². The van der Waals surface area contributed by atoms with E-state index in [0.717, 1.165) is 22.0 Å². The number of carbonyl (C=O) groups is 2. The summed E-state index contributed by atoms with van der Waals surface area (Å²) < 4.78 is 44.7.